The number of carbonyl (C=O) groups excluding carboxylic acids is 1. The molecule has 30 heavy (non-hydrogen) atoms. The van der Waals surface area contributed by atoms with E-state index < -0.39 is 12.1 Å². The smallest absolute Gasteiger partial charge is 0.333 e. The Kier molecular flexibility index (Phi) is 9.52. The topological polar surface area (TPSA) is 75.6 Å². The summed E-state index contributed by atoms with van der Waals surface area (Å²) in [6.45, 7) is 3.90. The molecule has 1 amide bonds. The molecule has 1 aromatic rings. The van der Waals surface area contributed by atoms with Gasteiger partial charge in [-0.1, -0.05) is 58.3 Å². The van der Waals surface area contributed by atoms with Crippen molar-refractivity contribution >= 4 is 42.4 Å². The summed E-state index contributed by atoms with van der Waals surface area (Å²) in [5.74, 6) is 4.09. The van der Waals surface area contributed by atoms with E-state index in [0.717, 1.165) is 32.9 Å². The van der Waals surface area contributed by atoms with Crippen LogP contribution in [-0.4, -0.2) is 29.2 Å². The van der Waals surface area contributed by atoms with Gasteiger partial charge in [-0.05, 0) is 42.8 Å². The zero-order valence-corrected chi connectivity index (χ0v) is 19.7. The minimum absolute atomic E-state index is 0.182. The van der Waals surface area contributed by atoms with Crippen LogP contribution in [0.25, 0.3) is 0 Å². The van der Waals surface area contributed by atoms with Crippen LogP contribution in [-0.2, 0) is 27.3 Å². The van der Waals surface area contributed by atoms with Gasteiger partial charge in [0.05, 0.1) is 6.10 Å². The first-order valence-corrected chi connectivity index (χ1v) is 10.9. The van der Waals surface area contributed by atoms with E-state index in [1.54, 1.807) is 13.8 Å². The zero-order chi connectivity index (χ0) is 22.1. The van der Waals surface area contributed by atoms with E-state index >= 15 is 0 Å². The van der Waals surface area contributed by atoms with Gasteiger partial charge in [0, 0.05) is 28.9 Å². The van der Waals surface area contributed by atoms with Crippen LogP contribution in [0.3, 0.4) is 0 Å². The van der Waals surface area contributed by atoms with Crippen molar-refractivity contribution in [2.24, 2.45) is 0 Å². The van der Waals surface area contributed by atoms with Crippen LogP contribution in [0.1, 0.15) is 31.4 Å². The number of amides is 1. The van der Waals surface area contributed by atoms with E-state index in [0.29, 0.717) is 6.54 Å². The molecule has 0 aliphatic heterocycles. The summed E-state index contributed by atoms with van der Waals surface area (Å²) in [6.07, 6.45) is 7.71. The van der Waals surface area contributed by atoms with E-state index in [4.69, 9.17) is 4.74 Å². The number of carbonyl (C=O) groups is 2. The molecular formula is C23H25BrNO4P. The summed E-state index contributed by atoms with van der Waals surface area (Å²) in [5, 5.41) is 13.1. The highest BCUT2D eigenvalue weighted by molar-refractivity contribution is 9.11. The second-order valence-corrected chi connectivity index (χ2v) is 8.55. The first-order chi connectivity index (χ1) is 14.2. The number of ether oxygens (including phenoxy) is 1. The molecule has 1 aliphatic rings. The van der Waals surface area contributed by atoms with Gasteiger partial charge in [0.2, 0.25) is 0 Å². The maximum absolute atomic E-state index is 12.1. The molecule has 0 saturated carbocycles. The summed E-state index contributed by atoms with van der Waals surface area (Å²) in [4.78, 5) is 23.6. The van der Waals surface area contributed by atoms with E-state index in [-0.39, 0.29) is 18.4 Å². The Morgan fingerprint density at radius 3 is 2.83 bits per heavy atom. The minimum Gasteiger partial charge on any atom is -0.479 e. The number of carboxylic acid groups (broad SMARTS) is 1. The standard InChI is InChI=1S/C23H25BrNO4P/c1-15(2)29-20(23(27)28)13-17-7-9-21(30)18(11-17)14-25-22(26)10-8-16-5-3-4-6-19(24)12-16/h3,5-7,9,11-12,15,20H,4,13-14,30H2,1-2H3,(H,25,26)(H,27,28). The van der Waals surface area contributed by atoms with Crippen molar-refractivity contribution in [3.63, 3.8) is 0 Å². The van der Waals surface area contributed by atoms with Gasteiger partial charge in [0.15, 0.2) is 6.10 Å². The second kappa shape index (κ2) is 11.9. The van der Waals surface area contributed by atoms with Gasteiger partial charge < -0.3 is 15.2 Å². The van der Waals surface area contributed by atoms with Crippen LogP contribution in [0.15, 0.2) is 52.6 Å². The van der Waals surface area contributed by atoms with E-state index in [1.165, 1.54) is 0 Å². The van der Waals surface area contributed by atoms with Crippen molar-refractivity contribution in [2.75, 3.05) is 0 Å². The van der Waals surface area contributed by atoms with Crippen molar-refractivity contribution in [1.82, 2.24) is 5.32 Å². The molecule has 1 aromatic carbocycles. The van der Waals surface area contributed by atoms with Crippen LogP contribution in [0.2, 0.25) is 0 Å². The third-order valence-corrected chi connectivity index (χ3v) is 5.26. The molecule has 0 radical (unpaired) electrons. The fourth-order valence-electron chi connectivity index (χ4n) is 2.73. The van der Waals surface area contributed by atoms with E-state index in [9.17, 15) is 14.7 Å². The molecule has 0 spiro atoms. The highest BCUT2D eigenvalue weighted by Gasteiger charge is 2.20. The van der Waals surface area contributed by atoms with Crippen molar-refractivity contribution in [1.29, 1.82) is 0 Å². The molecule has 2 rings (SSSR count). The number of hydrogen-bond acceptors (Lipinski definition) is 3. The molecular weight excluding hydrogens is 465 g/mol. The molecule has 1 aliphatic carbocycles. The lowest BCUT2D eigenvalue weighted by Gasteiger charge is -2.17. The number of halogens is 1. The van der Waals surface area contributed by atoms with Crippen molar-refractivity contribution in [3.8, 4) is 11.8 Å². The summed E-state index contributed by atoms with van der Waals surface area (Å²) in [6, 6.07) is 5.63. The first kappa shape index (κ1) is 24.1. The van der Waals surface area contributed by atoms with Crippen LogP contribution < -0.4 is 10.6 Å². The third kappa shape index (κ3) is 8.28. The molecule has 2 atom stereocenters. The average molecular weight is 490 g/mol. The van der Waals surface area contributed by atoms with E-state index in [2.05, 4.69) is 42.3 Å². The first-order valence-electron chi connectivity index (χ1n) is 9.54. The van der Waals surface area contributed by atoms with Gasteiger partial charge in [-0.25, -0.2) is 4.79 Å². The van der Waals surface area contributed by atoms with Gasteiger partial charge in [-0.15, -0.1) is 9.24 Å². The number of aliphatic carboxylic acids is 1. The summed E-state index contributed by atoms with van der Waals surface area (Å²) < 4.78 is 6.41. The number of hydrogen-bond donors (Lipinski definition) is 2. The normalized spacial score (nSPS) is 14.2. The highest BCUT2D eigenvalue weighted by Crippen LogP contribution is 2.15. The number of rotatable bonds is 7. The fraction of sp³-hybridized carbons (Fsp3) is 0.304. The quantitative estimate of drug-likeness (QED) is 0.454. The summed E-state index contributed by atoms with van der Waals surface area (Å²) >= 11 is 3.43. The summed E-state index contributed by atoms with van der Waals surface area (Å²) in [5.41, 5.74) is 2.46. The molecule has 2 unspecified atom stereocenters. The van der Waals surface area contributed by atoms with Gasteiger partial charge >= 0.3 is 5.97 Å². The molecule has 0 bridgehead atoms. The molecule has 158 valence electrons. The molecule has 7 heteroatoms. The Morgan fingerprint density at radius 2 is 2.13 bits per heavy atom. The average Bonchev–Trinajstić information content (AvgIpc) is 2.89. The van der Waals surface area contributed by atoms with E-state index in [1.807, 2.05) is 42.5 Å². The Labute approximate surface area is 188 Å². The predicted octanol–water partition coefficient (Wildman–Crippen LogP) is 3.39. The van der Waals surface area contributed by atoms with Crippen LogP contribution >= 0.6 is 25.2 Å². The van der Waals surface area contributed by atoms with Gasteiger partial charge in [-0.2, -0.15) is 0 Å². The predicted molar refractivity (Wildman–Crippen MR) is 126 cm³/mol. The SMILES string of the molecule is CC(C)OC(Cc1ccc(P)c(CNC(=O)C#CC2=CC(Br)=CCC=C2)c1)C(=O)O. The van der Waals surface area contributed by atoms with Gasteiger partial charge in [0.1, 0.15) is 0 Å². The lowest BCUT2D eigenvalue weighted by molar-refractivity contribution is -0.153. The summed E-state index contributed by atoms with van der Waals surface area (Å²) in [7, 11) is 2.62. The Hall–Kier alpha value is -2.19. The third-order valence-electron chi connectivity index (χ3n) is 4.14. The molecule has 0 aromatic heterocycles. The zero-order valence-electron chi connectivity index (χ0n) is 16.9. The van der Waals surface area contributed by atoms with Crippen LogP contribution in [0, 0.1) is 11.8 Å². The van der Waals surface area contributed by atoms with Crippen molar-refractivity contribution < 1.29 is 19.4 Å². The number of benzene rings is 1. The van der Waals surface area contributed by atoms with Crippen molar-refractivity contribution in [3.05, 3.63) is 63.7 Å². The molecule has 2 N–H and O–H groups in total. The number of carboxylic acids is 1. The largest absolute Gasteiger partial charge is 0.479 e. The maximum Gasteiger partial charge on any atom is 0.333 e. The molecule has 0 saturated heterocycles. The van der Waals surface area contributed by atoms with Gasteiger partial charge in [0.25, 0.3) is 5.91 Å². The number of allylic oxidation sites excluding steroid dienone is 6. The monoisotopic (exact) mass is 489 g/mol. The van der Waals surface area contributed by atoms with Gasteiger partial charge in [-0.3, -0.25) is 4.79 Å². The fourth-order valence-corrected chi connectivity index (χ4v) is 3.45. The van der Waals surface area contributed by atoms with Crippen LogP contribution in [0.5, 0.6) is 0 Å². The lowest BCUT2D eigenvalue weighted by Crippen LogP contribution is -2.29. The Morgan fingerprint density at radius 1 is 1.37 bits per heavy atom. The second-order valence-electron chi connectivity index (χ2n) is 7.01. The van der Waals surface area contributed by atoms with Crippen LogP contribution in [0.4, 0.5) is 0 Å². The number of nitrogens with one attached hydrogen (secondary N) is 1. The van der Waals surface area contributed by atoms with Crippen molar-refractivity contribution in [2.45, 2.75) is 45.4 Å². The molecule has 0 fully saturated rings. The minimum atomic E-state index is -0.993. The molecule has 5 nitrogen and oxygen atoms in total. The maximum atomic E-state index is 12.1. The highest BCUT2D eigenvalue weighted by atomic mass is 79.9. The Balaban J connectivity index is 2.02. The lowest BCUT2D eigenvalue weighted by atomic mass is 10.0. The molecule has 0 heterocycles. The Bertz CT molecular complexity index is 954.